The maximum absolute atomic E-state index is 3.15. The maximum atomic E-state index is 3.15. The van der Waals surface area contributed by atoms with Crippen LogP contribution in [0.1, 0.15) is 46.5 Å². The standard InChI is InChI=1S/C6H14.C2H5Br/c1-3-5-6-4-2;1-2-3/h3-6H2,1-2H3;2H2,1H3. The number of alkyl halides is 1. The van der Waals surface area contributed by atoms with E-state index < -0.39 is 0 Å². The van der Waals surface area contributed by atoms with Gasteiger partial charge in [-0.25, -0.2) is 0 Å². The van der Waals surface area contributed by atoms with Crippen LogP contribution in [0.3, 0.4) is 0 Å². The molecule has 0 saturated carbocycles. The van der Waals surface area contributed by atoms with Crippen LogP contribution in [-0.4, -0.2) is 5.33 Å². The van der Waals surface area contributed by atoms with Crippen molar-refractivity contribution in [2.24, 2.45) is 0 Å². The molecule has 0 N–H and O–H groups in total. The Kier molecular flexibility index (Phi) is 21.4. The summed E-state index contributed by atoms with van der Waals surface area (Å²) in [6.45, 7) is 6.51. The minimum absolute atomic E-state index is 1.06. The molecule has 0 aliphatic heterocycles. The lowest BCUT2D eigenvalue weighted by Crippen LogP contribution is -1.66. The Morgan fingerprint density at radius 2 is 1.11 bits per heavy atom. The van der Waals surface area contributed by atoms with E-state index in [0.717, 1.165) is 5.33 Å². The summed E-state index contributed by atoms with van der Waals surface area (Å²) in [5, 5.41) is 1.06. The predicted molar refractivity (Wildman–Crippen MR) is 49.3 cm³/mol. The minimum Gasteiger partial charge on any atom is -0.0931 e. The first-order chi connectivity index (χ1) is 4.33. The van der Waals surface area contributed by atoms with E-state index in [-0.39, 0.29) is 0 Å². The van der Waals surface area contributed by atoms with E-state index in [4.69, 9.17) is 0 Å². The molecular weight excluding hydrogens is 176 g/mol. The Morgan fingerprint density at radius 3 is 1.22 bits per heavy atom. The van der Waals surface area contributed by atoms with Gasteiger partial charge in [0.2, 0.25) is 0 Å². The molecule has 9 heavy (non-hydrogen) atoms. The van der Waals surface area contributed by atoms with Crippen LogP contribution in [0.4, 0.5) is 0 Å². The predicted octanol–water partition coefficient (Wildman–Crippen LogP) is 3.99. The molecule has 0 heterocycles. The first-order valence-electron chi connectivity index (χ1n) is 3.89. The fourth-order valence-electron chi connectivity index (χ4n) is 0.500. The molecule has 0 rings (SSSR count). The van der Waals surface area contributed by atoms with Gasteiger partial charge >= 0.3 is 0 Å². The summed E-state index contributed by atoms with van der Waals surface area (Å²) >= 11 is 3.15. The van der Waals surface area contributed by atoms with Crippen molar-refractivity contribution in [2.75, 3.05) is 5.33 Å². The molecule has 0 nitrogen and oxygen atoms in total. The maximum Gasteiger partial charge on any atom is 0.000281 e. The summed E-state index contributed by atoms with van der Waals surface area (Å²) in [4.78, 5) is 0. The van der Waals surface area contributed by atoms with Gasteiger partial charge in [-0.15, -0.1) is 0 Å². The van der Waals surface area contributed by atoms with Gasteiger partial charge < -0.3 is 0 Å². The molecule has 0 aliphatic rings. The molecular formula is C8H19Br. The third-order valence-electron chi connectivity index (χ3n) is 0.957. The van der Waals surface area contributed by atoms with Crippen LogP contribution in [0.5, 0.6) is 0 Å². The molecule has 0 aromatic rings. The number of rotatable bonds is 3. The number of hydrogen-bond donors (Lipinski definition) is 0. The van der Waals surface area contributed by atoms with Gasteiger partial charge in [0.1, 0.15) is 0 Å². The van der Waals surface area contributed by atoms with Crippen molar-refractivity contribution in [3.63, 3.8) is 0 Å². The van der Waals surface area contributed by atoms with Gasteiger partial charge in [0.25, 0.3) is 0 Å². The molecule has 0 bridgehead atoms. The first kappa shape index (κ1) is 12.2. The molecule has 1 heteroatoms. The molecule has 0 atom stereocenters. The van der Waals surface area contributed by atoms with Crippen LogP contribution >= 0.6 is 15.9 Å². The van der Waals surface area contributed by atoms with Crippen molar-refractivity contribution in [2.45, 2.75) is 46.5 Å². The highest BCUT2D eigenvalue weighted by Crippen LogP contribution is 1.95. The topological polar surface area (TPSA) is 0 Å². The molecule has 0 aromatic carbocycles. The van der Waals surface area contributed by atoms with Crippen molar-refractivity contribution in [1.82, 2.24) is 0 Å². The van der Waals surface area contributed by atoms with Crippen LogP contribution in [0.2, 0.25) is 0 Å². The lowest BCUT2D eigenvalue weighted by atomic mass is 10.2. The van der Waals surface area contributed by atoms with E-state index >= 15 is 0 Å². The van der Waals surface area contributed by atoms with Gasteiger partial charge in [-0.05, 0) is 0 Å². The first-order valence-corrected chi connectivity index (χ1v) is 5.01. The largest absolute Gasteiger partial charge is 0.0931 e. The zero-order chi connectivity index (χ0) is 7.54. The SMILES string of the molecule is CCBr.CCCCCC. The van der Waals surface area contributed by atoms with Crippen molar-refractivity contribution >= 4 is 15.9 Å². The second-order valence-electron chi connectivity index (χ2n) is 1.97. The Balaban J connectivity index is 0. The van der Waals surface area contributed by atoms with E-state index in [1.165, 1.54) is 25.7 Å². The third kappa shape index (κ3) is 29.4. The van der Waals surface area contributed by atoms with E-state index in [0.29, 0.717) is 0 Å². The molecule has 0 unspecified atom stereocenters. The molecule has 0 aromatic heterocycles. The average Bonchev–Trinajstić information content (AvgIpc) is 1.86. The monoisotopic (exact) mass is 194 g/mol. The van der Waals surface area contributed by atoms with Gasteiger partial charge in [-0.1, -0.05) is 62.4 Å². The van der Waals surface area contributed by atoms with E-state index in [2.05, 4.69) is 29.8 Å². The lowest BCUT2D eigenvalue weighted by molar-refractivity contribution is 0.702. The lowest BCUT2D eigenvalue weighted by Gasteiger charge is -1.86. The van der Waals surface area contributed by atoms with Crippen LogP contribution in [0.25, 0.3) is 0 Å². The van der Waals surface area contributed by atoms with Gasteiger partial charge in [0.15, 0.2) is 0 Å². The van der Waals surface area contributed by atoms with Crippen LogP contribution in [0.15, 0.2) is 0 Å². The minimum atomic E-state index is 1.06. The molecule has 58 valence electrons. The Hall–Kier alpha value is 0.480. The Labute approximate surface area is 68.2 Å². The van der Waals surface area contributed by atoms with E-state index in [1.807, 2.05) is 6.92 Å². The quantitative estimate of drug-likeness (QED) is 0.471. The zero-order valence-electron chi connectivity index (χ0n) is 6.91. The van der Waals surface area contributed by atoms with Crippen molar-refractivity contribution in [1.29, 1.82) is 0 Å². The normalized spacial score (nSPS) is 8.00. The van der Waals surface area contributed by atoms with E-state index in [1.54, 1.807) is 0 Å². The van der Waals surface area contributed by atoms with E-state index in [9.17, 15) is 0 Å². The molecule has 0 aliphatic carbocycles. The second-order valence-corrected chi connectivity index (χ2v) is 3.10. The summed E-state index contributed by atoms with van der Waals surface area (Å²) in [5.41, 5.74) is 0. The van der Waals surface area contributed by atoms with Gasteiger partial charge in [0, 0.05) is 5.33 Å². The highest BCUT2D eigenvalue weighted by Gasteiger charge is 1.75. The molecule has 0 spiro atoms. The molecule has 0 amide bonds. The second kappa shape index (κ2) is 15.8. The van der Waals surface area contributed by atoms with Crippen LogP contribution in [0, 0.1) is 0 Å². The van der Waals surface area contributed by atoms with Crippen LogP contribution < -0.4 is 0 Å². The summed E-state index contributed by atoms with van der Waals surface area (Å²) in [6.07, 6.45) is 5.54. The third-order valence-corrected chi connectivity index (χ3v) is 0.957. The van der Waals surface area contributed by atoms with Crippen molar-refractivity contribution in [3.8, 4) is 0 Å². The summed E-state index contributed by atoms with van der Waals surface area (Å²) in [6, 6.07) is 0. The summed E-state index contributed by atoms with van der Waals surface area (Å²) in [5.74, 6) is 0. The Morgan fingerprint density at radius 1 is 0.889 bits per heavy atom. The number of hydrogen-bond acceptors (Lipinski definition) is 0. The highest BCUT2D eigenvalue weighted by molar-refractivity contribution is 9.09. The van der Waals surface area contributed by atoms with Gasteiger partial charge in [-0.3, -0.25) is 0 Å². The highest BCUT2D eigenvalue weighted by atomic mass is 79.9. The van der Waals surface area contributed by atoms with Crippen molar-refractivity contribution < 1.29 is 0 Å². The molecule has 0 saturated heterocycles. The molecule has 0 fully saturated rings. The number of halogens is 1. The zero-order valence-corrected chi connectivity index (χ0v) is 8.50. The number of unbranched alkanes of at least 4 members (excludes halogenated alkanes) is 3. The molecule has 0 radical (unpaired) electrons. The summed E-state index contributed by atoms with van der Waals surface area (Å²) < 4.78 is 0. The van der Waals surface area contributed by atoms with Crippen LogP contribution in [-0.2, 0) is 0 Å². The fraction of sp³-hybridized carbons (Fsp3) is 1.00. The average molecular weight is 195 g/mol. The van der Waals surface area contributed by atoms with Gasteiger partial charge in [0.05, 0.1) is 0 Å². The smallest absolute Gasteiger partial charge is 0.000281 e. The van der Waals surface area contributed by atoms with Crippen molar-refractivity contribution in [3.05, 3.63) is 0 Å². The van der Waals surface area contributed by atoms with Gasteiger partial charge in [-0.2, -0.15) is 0 Å². The Bertz CT molecular complexity index is 23.7. The fourth-order valence-corrected chi connectivity index (χ4v) is 0.500. The summed E-state index contributed by atoms with van der Waals surface area (Å²) in [7, 11) is 0.